The van der Waals surface area contributed by atoms with Crippen LogP contribution in [0.15, 0.2) is 24.3 Å². The van der Waals surface area contributed by atoms with Crippen molar-refractivity contribution in [3.8, 4) is 11.5 Å². The quantitative estimate of drug-likeness (QED) is 0.423. The molecule has 2 aliphatic rings. The number of hydrogen-bond donors (Lipinski definition) is 0. The largest absolute Gasteiger partial charge is 0.459 e. The Morgan fingerprint density at radius 2 is 0.903 bits per heavy atom. The average Bonchev–Trinajstić information content (AvgIpc) is 2.71. The normalized spacial score (nSPS) is 18.7. The predicted octanol–water partition coefficient (Wildman–Crippen LogP) is 8.45. The molecule has 0 saturated carbocycles. The van der Waals surface area contributed by atoms with E-state index >= 15 is 0 Å². The molecule has 2 atom stereocenters. The van der Waals surface area contributed by atoms with Gasteiger partial charge < -0.3 is 9.47 Å². The Kier molecular flexibility index (Phi) is 7.53. The lowest BCUT2D eigenvalue weighted by Crippen LogP contribution is -2.32. The first kappa shape index (κ1) is 25.3. The van der Waals surface area contributed by atoms with E-state index in [1.165, 1.54) is 11.1 Å². The Balaban J connectivity index is 0.000000807. The SMILES string of the molecule is CC.CC.Cc1cc(C(C)(C)C)cc2c1OC1OC2Oc2c(C)cc(C(C)(C)C)cc21. The van der Waals surface area contributed by atoms with E-state index in [1.54, 1.807) is 0 Å². The lowest BCUT2D eigenvalue weighted by Gasteiger charge is -2.40. The smallest absolute Gasteiger partial charge is 0.233 e. The fraction of sp³-hybridized carbons (Fsp3) is 0.571. The van der Waals surface area contributed by atoms with E-state index in [9.17, 15) is 0 Å². The molecule has 0 amide bonds. The van der Waals surface area contributed by atoms with Crippen molar-refractivity contribution in [3.63, 3.8) is 0 Å². The highest BCUT2D eigenvalue weighted by atomic mass is 16.8. The van der Waals surface area contributed by atoms with Crippen LogP contribution in [0.4, 0.5) is 0 Å². The maximum atomic E-state index is 6.35. The molecule has 0 spiro atoms. The van der Waals surface area contributed by atoms with Crippen molar-refractivity contribution in [1.82, 2.24) is 0 Å². The van der Waals surface area contributed by atoms with Crippen LogP contribution >= 0.6 is 0 Å². The van der Waals surface area contributed by atoms with E-state index in [1.807, 2.05) is 27.7 Å². The van der Waals surface area contributed by atoms with E-state index in [0.29, 0.717) is 0 Å². The molecule has 2 aromatic carbocycles. The maximum Gasteiger partial charge on any atom is 0.233 e. The Bertz CT molecular complexity index is 838. The minimum absolute atomic E-state index is 0.0563. The van der Waals surface area contributed by atoms with Gasteiger partial charge in [0.15, 0.2) is 0 Å². The van der Waals surface area contributed by atoms with Gasteiger partial charge in [-0.1, -0.05) is 81.4 Å². The third-order valence-corrected chi connectivity index (χ3v) is 5.54. The Labute approximate surface area is 190 Å². The molecule has 2 aliphatic heterocycles. The zero-order chi connectivity index (χ0) is 23.7. The first-order valence-corrected chi connectivity index (χ1v) is 11.7. The van der Waals surface area contributed by atoms with E-state index in [-0.39, 0.29) is 10.8 Å². The van der Waals surface area contributed by atoms with Gasteiger partial charge in [-0.25, -0.2) is 0 Å². The summed E-state index contributed by atoms with van der Waals surface area (Å²) in [5, 5.41) is 0. The molecule has 31 heavy (non-hydrogen) atoms. The standard InChI is InChI=1S/C24H30O3.2C2H6/c1-13-9-15(23(3,4)5)11-17-19(13)25-22-18-12-16(24(6,7)8)10-14(2)20(18)26-21(17)27-22;2*1-2/h9-12,21-22H,1-8H3;2*1-2H3. The number of ether oxygens (including phenoxy) is 3. The lowest BCUT2D eigenvalue weighted by atomic mass is 9.83. The highest BCUT2D eigenvalue weighted by Crippen LogP contribution is 2.51. The summed E-state index contributed by atoms with van der Waals surface area (Å²) in [6, 6.07) is 8.79. The van der Waals surface area contributed by atoms with Gasteiger partial charge in [0.2, 0.25) is 12.6 Å². The van der Waals surface area contributed by atoms with Crippen molar-refractivity contribution in [2.75, 3.05) is 0 Å². The van der Waals surface area contributed by atoms with Crippen LogP contribution in [0.1, 0.15) is 115 Å². The molecule has 0 aromatic heterocycles. The molecular formula is C28H42O3. The molecule has 2 bridgehead atoms. The number of fused-ring (bicyclic) bond motifs is 6. The Morgan fingerprint density at radius 3 is 1.19 bits per heavy atom. The Hall–Kier alpha value is -2.00. The minimum atomic E-state index is -0.425. The highest BCUT2D eigenvalue weighted by molar-refractivity contribution is 5.53. The van der Waals surface area contributed by atoms with Gasteiger partial charge in [0.05, 0.1) is 11.1 Å². The van der Waals surface area contributed by atoms with Crippen molar-refractivity contribution in [2.45, 2.75) is 106 Å². The van der Waals surface area contributed by atoms with Gasteiger partial charge in [-0.3, -0.25) is 4.74 Å². The van der Waals surface area contributed by atoms with Crippen LogP contribution in [-0.4, -0.2) is 0 Å². The van der Waals surface area contributed by atoms with E-state index in [2.05, 4.69) is 79.7 Å². The highest BCUT2D eigenvalue weighted by Gasteiger charge is 2.40. The average molecular weight is 427 g/mol. The van der Waals surface area contributed by atoms with E-state index in [0.717, 1.165) is 33.8 Å². The van der Waals surface area contributed by atoms with E-state index in [4.69, 9.17) is 14.2 Å². The fourth-order valence-corrected chi connectivity index (χ4v) is 3.80. The molecule has 0 fully saturated rings. The van der Waals surface area contributed by atoms with Gasteiger partial charge in [0, 0.05) is 0 Å². The second-order valence-corrected chi connectivity index (χ2v) is 9.96. The van der Waals surface area contributed by atoms with Crippen molar-refractivity contribution in [1.29, 1.82) is 0 Å². The molecule has 4 rings (SSSR count). The van der Waals surface area contributed by atoms with Crippen molar-refractivity contribution < 1.29 is 14.2 Å². The van der Waals surface area contributed by atoms with E-state index < -0.39 is 12.6 Å². The molecule has 2 aromatic rings. The summed E-state index contributed by atoms with van der Waals surface area (Å²) in [6.07, 6.45) is -0.849. The number of benzene rings is 2. The molecule has 2 heterocycles. The molecule has 3 nitrogen and oxygen atoms in total. The summed E-state index contributed by atoms with van der Waals surface area (Å²) in [5.74, 6) is 1.79. The van der Waals surface area contributed by atoms with Crippen LogP contribution in [0.2, 0.25) is 0 Å². The third-order valence-electron chi connectivity index (χ3n) is 5.54. The molecule has 0 radical (unpaired) electrons. The second-order valence-electron chi connectivity index (χ2n) is 9.96. The first-order chi connectivity index (χ1) is 14.4. The summed E-state index contributed by atoms with van der Waals surface area (Å²) in [7, 11) is 0. The van der Waals surface area contributed by atoms with Crippen LogP contribution in [0, 0.1) is 13.8 Å². The fourth-order valence-electron chi connectivity index (χ4n) is 3.80. The van der Waals surface area contributed by atoms with Gasteiger partial charge in [-0.2, -0.15) is 0 Å². The van der Waals surface area contributed by atoms with Crippen LogP contribution in [0.5, 0.6) is 11.5 Å². The topological polar surface area (TPSA) is 27.7 Å². The monoisotopic (exact) mass is 426 g/mol. The Morgan fingerprint density at radius 1 is 0.581 bits per heavy atom. The van der Waals surface area contributed by atoms with Gasteiger partial charge in [-0.05, 0) is 59.1 Å². The zero-order valence-corrected chi connectivity index (χ0v) is 21.7. The predicted molar refractivity (Wildman–Crippen MR) is 130 cm³/mol. The van der Waals surface area contributed by atoms with Crippen LogP contribution in [-0.2, 0) is 15.6 Å². The summed E-state index contributed by atoms with van der Waals surface area (Å²) >= 11 is 0. The van der Waals surface area contributed by atoms with Gasteiger partial charge in [0.1, 0.15) is 11.5 Å². The van der Waals surface area contributed by atoms with Crippen LogP contribution in [0.3, 0.4) is 0 Å². The summed E-state index contributed by atoms with van der Waals surface area (Å²) in [6.45, 7) is 25.5. The summed E-state index contributed by atoms with van der Waals surface area (Å²) in [5.41, 5.74) is 6.87. The molecule has 0 N–H and O–H groups in total. The van der Waals surface area contributed by atoms with Gasteiger partial charge in [0.25, 0.3) is 0 Å². The maximum absolute atomic E-state index is 6.35. The molecule has 2 unspecified atom stereocenters. The zero-order valence-electron chi connectivity index (χ0n) is 21.7. The second kappa shape index (κ2) is 9.24. The lowest BCUT2D eigenvalue weighted by molar-refractivity contribution is -0.228. The first-order valence-electron chi connectivity index (χ1n) is 11.7. The number of rotatable bonds is 0. The van der Waals surface area contributed by atoms with Crippen LogP contribution in [0.25, 0.3) is 0 Å². The van der Waals surface area contributed by atoms with Gasteiger partial charge >= 0.3 is 0 Å². The number of hydrogen-bond acceptors (Lipinski definition) is 3. The summed E-state index contributed by atoms with van der Waals surface area (Å²) < 4.78 is 18.9. The molecule has 0 saturated heterocycles. The molecular weight excluding hydrogens is 384 g/mol. The van der Waals surface area contributed by atoms with Crippen molar-refractivity contribution in [2.24, 2.45) is 0 Å². The summed E-state index contributed by atoms with van der Waals surface area (Å²) in [4.78, 5) is 0. The van der Waals surface area contributed by atoms with Crippen molar-refractivity contribution >= 4 is 0 Å². The molecule has 3 heteroatoms. The molecule has 0 aliphatic carbocycles. The minimum Gasteiger partial charge on any atom is -0.459 e. The third kappa shape index (κ3) is 4.92. The molecule has 172 valence electrons. The van der Waals surface area contributed by atoms with Gasteiger partial charge in [-0.15, -0.1) is 0 Å². The number of aryl methyl sites for hydroxylation is 2. The van der Waals surface area contributed by atoms with Crippen molar-refractivity contribution in [3.05, 3.63) is 57.6 Å². The van der Waals surface area contributed by atoms with Crippen LogP contribution < -0.4 is 9.47 Å².